The van der Waals surface area contributed by atoms with Crippen molar-refractivity contribution in [2.24, 2.45) is 0 Å². The average molecular weight is 235 g/mol. The van der Waals surface area contributed by atoms with E-state index in [1.165, 1.54) is 37.0 Å². The van der Waals surface area contributed by atoms with Crippen molar-refractivity contribution >= 4 is 11.8 Å². The summed E-state index contributed by atoms with van der Waals surface area (Å²) in [5.74, 6) is 1.26. The Balaban J connectivity index is 1.77. The Morgan fingerprint density at radius 3 is 3.00 bits per heavy atom. The second kappa shape index (κ2) is 6.31. The van der Waals surface area contributed by atoms with E-state index < -0.39 is 0 Å². The maximum absolute atomic E-state index is 3.51. The van der Waals surface area contributed by atoms with E-state index in [0.717, 1.165) is 13.1 Å². The van der Waals surface area contributed by atoms with Gasteiger partial charge in [0.25, 0.3) is 0 Å². The van der Waals surface area contributed by atoms with Crippen molar-refractivity contribution in [3.05, 3.63) is 34.9 Å². The van der Waals surface area contributed by atoms with Crippen LogP contribution in [0.3, 0.4) is 0 Å². The van der Waals surface area contributed by atoms with E-state index in [0.29, 0.717) is 0 Å². The third kappa shape index (κ3) is 3.26. The summed E-state index contributed by atoms with van der Waals surface area (Å²) in [6.07, 6.45) is 7.36. The van der Waals surface area contributed by atoms with Crippen molar-refractivity contribution in [1.29, 1.82) is 0 Å². The molecule has 0 spiro atoms. The molecule has 0 heterocycles. The smallest absolute Gasteiger partial charge is 0.0205 e. The standard InChI is InChI=1S/C14H21NS/c1-16-9-3-8-15-11-12-6-7-13-4-2-5-14(13)10-12/h6-7,10,15H,2-5,8-9,11H2,1H3. The largest absolute Gasteiger partial charge is 0.313 e. The molecular formula is C14H21NS. The van der Waals surface area contributed by atoms with Crippen LogP contribution in [0.1, 0.15) is 29.5 Å². The second-order valence-electron chi connectivity index (χ2n) is 4.48. The monoisotopic (exact) mass is 235 g/mol. The lowest BCUT2D eigenvalue weighted by atomic mass is 10.1. The molecule has 0 bridgehead atoms. The minimum absolute atomic E-state index is 1.03. The van der Waals surface area contributed by atoms with Crippen molar-refractivity contribution in [3.63, 3.8) is 0 Å². The number of aryl methyl sites for hydroxylation is 2. The van der Waals surface area contributed by atoms with Crippen LogP contribution in [0.15, 0.2) is 18.2 Å². The fraction of sp³-hybridized carbons (Fsp3) is 0.571. The number of fused-ring (bicyclic) bond motifs is 1. The van der Waals surface area contributed by atoms with Crippen LogP contribution in [0.25, 0.3) is 0 Å². The summed E-state index contributed by atoms with van der Waals surface area (Å²) in [6, 6.07) is 7.00. The summed E-state index contributed by atoms with van der Waals surface area (Å²) in [5, 5.41) is 3.51. The lowest BCUT2D eigenvalue weighted by Crippen LogP contribution is -2.15. The van der Waals surface area contributed by atoms with Crippen LogP contribution in [0.2, 0.25) is 0 Å². The molecule has 1 aliphatic rings. The summed E-state index contributed by atoms with van der Waals surface area (Å²) in [6.45, 7) is 2.17. The number of thioether (sulfide) groups is 1. The number of hydrogen-bond acceptors (Lipinski definition) is 2. The van der Waals surface area contributed by atoms with Gasteiger partial charge in [-0.2, -0.15) is 11.8 Å². The predicted molar refractivity (Wildman–Crippen MR) is 73.2 cm³/mol. The van der Waals surface area contributed by atoms with Gasteiger partial charge in [-0.15, -0.1) is 0 Å². The Labute approximate surface area is 103 Å². The topological polar surface area (TPSA) is 12.0 Å². The van der Waals surface area contributed by atoms with E-state index in [1.807, 2.05) is 11.8 Å². The molecule has 0 aliphatic heterocycles. The molecule has 0 amide bonds. The SMILES string of the molecule is CSCCCNCc1ccc2c(c1)CCC2. The van der Waals surface area contributed by atoms with Gasteiger partial charge in [-0.3, -0.25) is 0 Å². The summed E-state index contributed by atoms with van der Waals surface area (Å²) >= 11 is 1.92. The van der Waals surface area contributed by atoms with Gasteiger partial charge >= 0.3 is 0 Å². The van der Waals surface area contributed by atoms with Crippen molar-refractivity contribution in [3.8, 4) is 0 Å². The first-order chi connectivity index (χ1) is 7.90. The molecule has 2 rings (SSSR count). The lowest BCUT2D eigenvalue weighted by Gasteiger charge is -2.06. The van der Waals surface area contributed by atoms with Crippen LogP contribution in [0.5, 0.6) is 0 Å². The number of hydrogen-bond donors (Lipinski definition) is 1. The van der Waals surface area contributed by atoms with Gasteiger partial charge in [0.15, 0.2) is 0 Å². The van der Waals surface area contributed by atoms with Gasteiger partial charge in [0.2, 0.25) is 0 Å². The highest BCUT2D eigenvalue weighted by Gasteiger charge is 2.10. The van der Waals surface area contributed by atoms with Crippen molar-refractivity contribution in [2.75, 3.05) is 18.6 Å². The van der Waals surface area contributed by atoms with Crippen LogP contribution in [0, 0.1) is 0 Å². The first-order valence-electron chi connectivity index (χ1n) is 6.20. The predicted octanol–water partition coefficient (Wildman–Crippen LogP) is 3.02. The van der Waals surface area contributed by atoms with Gasteiger partial charge in [-0.25, -0.2) is 0 Å². The highest BCUT2D eigenvalue weighted by atomic mass is 32.2. The molecule has 0 aromatic heterocycles. The van der Waals surface area contributed by atoms with Gasteiger partial charge in [-0.05, 0) is 60.9 Å². The molecule has 88 valence electrons. The summed E-state index contributed by atoms with van der Waals surface area (Å²) in [4.78, 5) is 0. The van der Waals surface area contributed by atoms with Crippen LogP contribution in [-0.4, -0.2) is 18.6 Å². The molecule has 1 aliphatic carbocycles. The molecule has 1 N–H and O–H groups in total. The molecule has 0 radical (unpaired) electrons. The number of rotatable bonds is 6. The zero-order valence-electron chi connectivity index (χ0n) is 10.1. The minimum Gasteiger partial charge on any atom is -0.313 e. The van der Waals surface area contributed by atoms with Crippen LogP contribution >= 0.6 is 11.8 Å². The Morgan fingerprint density at radius 1 is 1.25 bits per heavy atom. The first kappa shape index (κ1) is 12.0. The molecule has 0 atom stereocenters. The van der Waals surface area contributed by atoms with Gasteiger partial charge in [0.1, 0.15) is 0 Å². The van der Waals surface area contributed by atoms with Crippen molar-refractivity contribution in [2.45, 2.75) is 32.2 Å². The first-order valence-corrected chi connectivity index (χ1v) is 7.60. The maximum atomic E-state index is 3.51. The van der Waals surface area contributed by atoms with E-state index in [2.05, 4.69) is 29.8 Å². The summed E-state index contributed by atoms with van der Waals surface area (Å²) in [5.41, 5.74) is 4.61. The Kier molecular flexibility index (Phi) is 4.73. The average Bonchev–Trinajstić information content (AvgIpc) is 2.76. The van der Waals surface area contributed by atoms with E-state index in [1.54, 1.807) is 11.1 Å². The third-order valence-corrected chi connectivity index (χ3v) is 3.89. The van der Waals surface area contributed by atoms with Gasteiger partial charge in [0.05, 0.1) is 0 Å². The van der Waals surface area contributed by atoms with E-state index in [-0.39, 0.29) is 0 Å². The van der Waals surface area contributed by atoms with Gasteiger partial charge in [0, 0.05) is 6.54 Å². The Hall–Kier alpha value is -0.470. The minimum atomic E-state index is 1.03. The molecule has 1 aromatic carbocycles. The molecule has 0 unspecified atom stereocenters. The molecule has 2 heteroatoms. The maximum Gasteiger partial charge on any atom is 0.0205 e. The Bertz CT molecular complexity index is 336. The number of benzene rings is 1. The van der Waals surface area contributed by atoms with Crippen LogP contribution in [0.4, 0.5) is 0 Å². The van der Waals surface area contributed by atoms with Gasteiger partial charge in [-0.1, -0.05) is 18.2 Å². The quantitative estimate of drug-likeness (QED) is 0.761. The highest BCUT2D eigenvalue weighted by Crippen LogP contribution is 2.22. The zero-order chi connectivity index (χ0) is 11.2. The molecule has 1 aromatic rings. The van der Waals surface area contributed by atoms with Crippen LogP contribution < -0.4 is 5.32 Å². The van der Waals surface area contributed by atoms with E-state index in [4.69, 9.17) is 0 Å². The highest BCUT2D eigenvalue weighted by molar-refractivity contribution is 7.98. The molecule has 0 fully saturated rings. The van der Waals surface area contributed by atoms with Crippen LogP contribution in [-0.2, 0) is 19.4 Å². The molecule has 16 heavy (non-hydrogen) atoms. The normalized spacial score (nSPS) is 14.1. The second-order valence-corrected chi connectivity index (χ2v) is 5.47. The van der Waals surface area contributed by atoms with Crippen molar-refractivity contribution in [1.82, 2.24) is 5.32 Å². The third-order valence-electron chi connectivity index (χ3n) is 3.19. The zero-order valence-corrected chi connectivity index (χ0v) is 10.9. The van der Waals surface area contributed by atoms with Crippen molar-refractivity contribution < 1.29 is 0 Å². The Morgan fingerprint density at radius 2 is 2.12 bits per heavy atom. The fourth-order valence-electron chi connectivity index (χ4n) is 2.31. The molecule has 0 saturated heterocycles. The summed E-state index contributed by atoms with van der Waals surface area (Å²) in [7, 11) is 0. The fourth-order valence-corrected chi connectivity index (χ4v) is 2.74. The van der Waals surface area contributed by atoms with E-state index >= 15 is 0 Å². The summed E-state index contributed by atoms with van der Waals surface area (Å²) < 4.78 is 0. The molecule has 0 saturated carbocycles. The van der Waals surface area contributed by atoms with Gasteiger partial charge < -0.3 is 5.32 Å². The molecule has 1 nitrogen and oxygen atoms in total. The number of nitrogens with one attached hydrogen (secondary N) is 1. The molecular weight excluding hydrogens is 214 g/mol. The lowest BCUT2D eigenvalue weighted by molar-refractivity contribution is 0.678. The van der Waals surface area contributed by atoms with E-state index in [9.17, 15) is 0 Å².